The van der Waals surface area contributed by atoms with E-state index in [1.807, 2.05) is 60.7 Å². The summed E-state index contributed by atoms with van der Waals surface area (Å²) in [5, 5.41) is 0.852. The summed E-state index contributed by atoms with van der Waals surface area (Å²) >= 11 is 0. The molecule has 1 atom stereocenters. The molecule has 270 valence electrons. The van der Waals surface area contributed by atoms with Crippen LogP contribution in [-0.2, 0) is 0 Å². The number of hydrogen-bond donors (Lipinski definition) is 0. The van der Waals surface area contributed by atoms with Gasteiger partial charge >= 0.3 is 0 Å². The largest absolute Gasteiger partial charge is 0.455 e. The number of rotatable bonds is 7. The van der Waals surface area contributed by atoms with E-state index in [9.17, 15) is 0 Å². The molecule has 0 bridgehead atoms. The summed E-state index contributed by atoms with van der Waals surface area (Å²) in [6.07, 6.45) is 0. The van der Waals surface area contributed by atoms with Crippen LogP contribution in [0.25, 0.3) is 83.5 Å². The fourth-order valence-corrected chi connectivity index (χ4v) is 8.70. The van der Waals surface area contributed by atoms with Crippen molar-refractivity contribution < 1.29 is 4.42 Å². The Balaban J connectivity index is 1.40. The van der Waals surface area contributed by atoms with E-state index in [1.54, 1.807) is 6.07 Å². The molecule has 21 heteroatoms. The first-order chi connectivity index (χ1) is 31.9. The zero-order valence-electron chi connectivity index (χ0n) is 35.6. The predicted molar refractivity (Wildman–Crippen MR) is 294 cm³/mol. The average Bonchev–Trinajstić information content (AvgIpc) is 3.81. The Bertz CT molecular complexity index is 3550. The van der Waals surface area contributed by atoms with E-state index < -0.39 is 5.82 Å². The fraction of sp³-hybridized carbons (Fsp3) is 0.0217. The van der Waals surface area contributed by atoms with Crippen molar-refractivity contribution in [2.45, 2.75) is 5.82 Å². The zero-order valence-corrected chi connectivity index (χ0v) is 35.6. The minimum absolute atomic E-state index is 0.00165. The Morgan fingerprint density at radius 3 is 1.54 bits per heavy atom. The van der Waals surface area contributed by atoms with E-state index in [0.717, 1.165) is 5.98 Å². The lowest BCUT2D eigenvalue weighted by Gasteiger charge is -2.25. The second kappa shape index (κ2) is 17.5. The van der Waals surface area contributed by atoms with Crippen molar-refractivity contribution in [3.8, 4) is 34.2 Å². The van der Waals surface area contributed by atoms with Crippen molar-refractivity contribution in [1.82, 2.24) is 15.0 Å². The van der Waals surface area contributed by atoms with Crippen LogP contribution >= 0.6 is 0 Å². The summed E-state index contributed by atoms with van der Waals surface area (Å²) in [5.41, 5.74) is 3.26. The average molecular weight is 808 g/mol. The normalized spacial score (nSPS) is 14.7. The molecule has 0 N–H and O–H groups in total. The number of benzene rings is 6. The van der Waals surface area contributed by atoms with E-state index >= 15 is 0 Å². The van der Waals surface area contributed by atoms with Crippen molar-refractivity contribution in [2.75, 3.05) is 0 Å². The van der Waals surface area contributed by atoms with Gasteiger partial charge in [-0.15, -0.1) is 27.8 Å². The smallest absolute Gasteiger partial charge is 0.167 e. The van der Waals surface area contributed by atoms with E-state index in [0.29, 0.717) is 28.3 Å². The monoisotopic (exact) mass is 811 g/mol. The molecule has 2 heterocycles. The van der Waals surface area contributed by atoms with Crippen LogP contribution in [0.2, 0.25) is 5.82 Å². The van der Waals surface area contributed by atoms with Crippen molar-refractivity contribution >= 4 is 237 Å². The van der Waals surface area contributed by atoms with Gasteiger partial charge < -0.3 is 4.42 Å². The van der Waals surface area contributed by atoms with Crippen molar-refractivity contribution in [1.29, 1.82) is 0 Å². The molecule has 2 aromatic heterocycles. The molecule has 0 saturated heterocycles. The van der Waals surface area contributed by atoms with Gasteiger partial charge in [-0.05, 0) is 39.5 Å². The highest BCUT2D eigenvalue weighted by Gasteiger charge is 2.34. The maximum atomic E-state index is 7.26. The van der Waals surface area contributed by atoms with Crippen LogP contribution in [0.5, 0.6) is 0 Å². The third-order valence-corrected chi connectivity index (χ3v) is 12.2. The molecule has 0 spiro atoms. The Labute approximate surface area is 411 Å². The first-order valence-electron chi connectivity index (χ1n) is 20.3. The first-order valence-corrected chi connectivity index (χ1v) is 20.3. The molecule has 67 heavy (non-hydrogen) atoms. The van der Waals surface area contributed by atoms with Gasteiger partial charge in [0.2, 0.25) is 0 Å². The summed E-state index contributed by atoms with van der Waals surface area (Å²) in [6, 6.07) is 21.7. The summed E-state index contributed by atoms with van der Waals surface area (Å²) < 4.78 is 6.94. The third-order valence-electron chi connectivity index (χ3n) is 12.2. The molecule has 34 radical (unpaired) electrons. The fourth-order valence-electron chi connectivity index (χ4n) is 8.70. The summed E-state index contributed by atoms with van der Waals surface area (Å²) in [6.45, 7) is 0. The number of allylic oxidation sites excluding steroid dienone is 6. The lowest BCUT2D eigenvalue weighted by atomic mass is 9.61. The zero-order chi connectivity index (χ0) is 48.1. The number of fused-ring (bicyclic) bond motifs is 5. The molecule has 4 nitrogen and oxygen atoms in total. The van der Waals surface area contributed by atoms with Crippen molar-refractivity contribution in [3.05, 3.63) is 117 Å². The maximum absolute atomic E-state index is 7.26. The van der Waals surface area contributed by atoms with Gasteiger partial charge in [-0.2, -0.15) is 0 Å². The highest BCUT2D eigenvalue weighted by molar-refractivity contribution is 6.71. The topological polar surface area (TPSA) is 51.8 Å². The number of nitrogens with zero attached hydrogens (tertiary/aromatic N) is 3. The lowest BCUT2D eigenvalue weighted by molar-refractivity contribution is 0.674. The Hall–Kier alpha value is -5.55. The predicted octanol–water partition coefficient (Wildman–Crippen LogP) is -3.52. The minimum atomic E-state index is -1.17. The number of aromatic nitrogens is 3. The lowest BCUT2D eigenvalue weighted by Crippen LogP contribution is -2.50. The second-order valence-corrected chi connectivity index (χ2v) is 16.0. The maximum Gasteiger partial charge on any atom is 0.167 e. The van der Waals surface area contributed by atoms with Crippen LogP contribution in [0, 0.1) is 0 Å². The third kappa shape index (κ3) is 7.28. The standard InChI is InChI=1S/C46H14B17N3O/c47-13-20(50)30(52)29(51)17-11-16(18(48)12-19(17)49)21-31(53)24(34(56)32(21)54)22-23-26-37(59)35(57)25-27(38(60)41(63)40(62)36(25)58)43(26)67-42(23)28(39(61)33(22)55)46-65-44(14-7-3-1-4-8-14)64-45(66-46)15-9-5-2-6-10-15/h1-13,31H/b20-13-,30-29-. The van der Waals surface area contributed by atoms with E-state index in [1.165, 1.54) is 6.07 Å². The van der Waals surface area contributed by atoms with Crippen LogP contribution in [-0.4, -0.2) is 148 Å². The quantitative estimate of drug-likeness (QED) is 0.124. The Morgan fingerprint density at radius 2 is 0.970 bits per heavy atom. The highest BCUT2D eigenvalue weighted by Crippen LogP contribution is 2.50. The molecule has 8 aromatic rings. The SMILES string of the molecule is [B]/C=C([B])/C([B])=C(/[B])c1cc(C2=C([B])C([B])=C(c3c([B])c([B])c(-c4nc(-c5ccccc5)nc(-c5ccccc5)n4)c4oc5c6c([B])c([B])c([B])c([B])c6c([B])c([B])c5c34)C2[B])c([B])cc1[B]. The molecule has 1 aliphatic rings. The Kier molecular flexibility index (Phi) is 12.2. The van der Waals surface area contributed by atoms with E-state index in [-0.39, 0.29) is 148 Å². The van der Waals surface area contributed by atoms with Crippen LogP contribution < -0.4 is 54.6 Å². The summed E-state index contributed by atoms with van der Waals surface area (Å²) in [5.74, 6) is 0.641. The van der Waals surface area contributed by atoms with Gasteiger partial charge in [-0.3, -0.25) is 0 Å². The van der Waals surface area contributed by atoms with Gasteiger partial charge in [0.1, 0.15) is 137 Å². The van der Waals surface area contributed by atoms with E-state index in [2.05, 4.69) is 0 Å². The van der Waals surface area contributed by atoms with Gasteiger partial charge in [0.15, 0.2) is 17.5 Å². The second-order valence-electron chi connectivity index (χ2n) is 16.0. The van der Waals surface area contributed by atoms with Gasteiger partial charge in [-0.25, -0.2) is 15.0 Å². The summed E-state index contributed by atoms with van der Waals surface area (Å²) in [4.78, 5) is 14.8. The molecule has 1 aliphatic carbocycles. The van der Waals surface area contributed by atoms with Crippen LogP contribution in [0.15, 0.2) is 105 Å². The molecular weight excluding hydrogens is 794 g/mol. The molecule has 9 rings (SSSR count). The molecule has 0 amide bonds. The van der Waals surface area contributed by atoms with Gasteiger partial charge in [0.25, 0.3) is 0 Å². The molecule has 6 aromatic carbocycles. The molecule has 0 aliphatic heterocycles. The van der Waals surface area contributed by atoms with Gasteiger partial charge in [-0.1, -0.05) is 132 Å². The van der Waals surface area contributed by atoms with Crippen LogP contribution in [0.4, 0.5) is 0 Å². The van der Waals surface area contributed by atoms with Crippen LogP contribution in [0.1, 0.15) is 16.7 Å². The van der Waals surface area contributed by atoms with Crippen molar-refractivity contribution in [3.63, 3.8) is 0 Å². The van der Waals surface area contributed by atoms with E-state index in [4.69, 9.17) is 153 Å². The van der Waals surface area contributed by atoms with Gasteiger partial charge in [0, 0.05) is 27.3 Å². The van der Waals surface area contributed by atoms with Crippen molar-refractivity contribution in [2.24, 2.45) is 0 Å². The van der Waals surface area contributed by atoms with Crippen LogP contribution in [0.3, 0.4) is 0 Å². The molecule has 1 unspecified atom stereocenters. The number of hydrogen-bond acceptors (Lipinski definition) is 4. The molecular formula is C46H14B17N3O. The first kappa shape index (κ1) is 46.6. The Morgan fingerprint density at radius 1 is 0.493 bits per heavy atom. The summed E-state index contributed by atoms with van der Waals surface area (Å²) in [7, 11) is 113. The molecule has 0 fully saturated rings. The number of furan rings is 1. The highest BCUT2D eigenvalue weighted by atomic mass is 16.3. The van der Waals surface area contributed by atoms with Gasteiger partial charge in [0.05, 0.1) is 13.4 Å². The minimum Gasteiger partial charge on any atom is -0.455 e. The molecule has 0 saturated carbocycles.